The first-order valence-corrected chi connectivity index (χ1v) is 12.4. The first kappa shape index (κ1) is 19.7. The second-order valence-corrected chi connectivity index (χ2v) is 10.4. The van der Waals surface area contributed by atoms with Crippen LogP contribution in [0.15, 0.2) is 112 Å². The summed E-state index contributed by atoms with van der Waals surface area (Å²) < 4.78 is 27.0. The molecule has 4 aromatic carbocycles. The van der Waals surface area contributed by atoms with Gasteiger partial charge in [0.1, 0.15) is 0 Å². The molecule has 152 valence electrons. The number of hydrogen-bond acceptors (Lipinski definition) is 3. The predicted molar refractivity (Wildman–Crippen MR) is 129 cm³/mol. The minimum Gasteiger partial charge on any atom is -0.218 e. The van der Waals surface area contributed by atoms with E-state index in [4.69, 9.17) is 0 Å². The molecule has 0 saturated carbocycles. The Kier molecular flexibility index (Phi) is 4.97. The molecule has 0 unspecified atom stereocenters. The molecule has 2 nitrogen and oxygen atoms in total. The Bertz CT molecular complexity index is 1480. The molecule has 0 atom stereocenters. The van der Waals surface area contributed by atoms with Crippen LogP contribution < -0.4 is 0 Å². The van der Waals surface area contributed by atoms with Crippen LogP contribution in [0.5, 0.6) is 0 Å². The van der Waals surface area contributed by atoms with Crippen molar-refractivity contribution in [2.75, 3.05) is 0 Å². The molecular formula is C27H20O2S2. The molecule has 31 heavy (non-hydrogen) atoms. The molecule has 1 heterocycles. The van der Waals surface area contributed by atoms with Crippen LogP contribution in [0.1, 0.15) is 5.56 Å². The lowest BCUT2D eigenvalue weighted by molar-refractivity contribution is 0.596. The highest BCUT2D eigenvalue weighted by Crippen LogP contribution is 2.37. The fraction of sp³-hybridized carbons (Fsp3) is 0.0370. The lowest BCUT2D eigenvalue weighted by Crippen LogP contribution is -2.04. The topological polar surface area (TPSA) is 34.1 Å². The molecule has 5 rings (SSSR count). The summed E-state index contributed by atoms with van der Waals surface area (Å²) in [5.74, 6) is 0. The lowest BCUT2D eigenvalue weighted by atomic mass is 9.99. The number of hydrogen-bond donors (Lipinski definition) is 0. The fourth-order valence-electron chi connectivity index (χ4n) is 3.78. The summed E-state index contributed by atoms with van der Waals surface area (Å²) in [4.78, 5) is 1.59. The van der Waals surface area contributed by atoms with Crippen LogP contribution in [-0.4, -0.2) is 8.42 Å². The van der Waals surface area contributed by atoms with E-state index >= 15 is 0 Å². The number of fused-ring (bicyclic) bond motifs is 1. The van der Waals surface area contributed by atoms with Crippen LogP contribution in [0.4, 0.5) is 0 Å². The van der Waals surface area contributed by atoms with Crippen LogP contribution in [0.3, 0.4) is 0 Å². The summed E-state index contributed by atoms with van der Waals surface area (Å²) in [6.45, 7) is 1.95. The van der Waals surface area contributed by atoms with Crippen LogP contribution in [0.2, 0.25) is 0 Å². The number of thiophene rings is 1. The Labute approximate surface area is 186 Å². The van der Waals surface area contributed by atoms with Gasteiger partial charge in [0, 0.05) is 10.4 Å². The van der Waals surface area contributed by atoms with Gasteiger partial charge >= 0.3 is 0 Å². The third kappa shape index (κ3) is 3.69. The molecule has 0 aliphatic heterocycles. The fourth-order valence-corrected chi connectivity index (χ4v) is 6.06. The van der Waals surface area contributed by atoms with Crippen LogP contribution in [0, 0.1) is 6.92 Å². The van der Waals surface area contributed by atoms with Gasteiger partial charge in [-0.15, -0.1) is 11.3 Å². The van der Waals surface area contributed by atoms with Crippen molar-refractivity contribution in [3.05, 3.63) is 108 Å². The molecule has 0 aliphatic carbocycles. The van der Waals surface area contributed by atoms with E-state index in [9.17, 15) is 8.42 Å². The van der Waals surface area contributed by atoms with Crippen molar-refractivity contribution in [1.82, 2.24) is 0 Å². The van der Waals surface area contributed by atoms with Crippen molar-refractivity contribution < 1.29 is 8.42 Å². The molecule has 0 N–H and O–H groups in total. The summed E-state index contributed by atoms with van der Waals surface area (Å²) in [6, 6.07) is 31.2. The van der Waals surface area contributed by atoms with Crippen LogP contribution >= 0.6 is 11.3 Å². The van der Waals surface area contributed by atoms with Gasteiger partial charge in [0.05, 0.1) is 9.79 Å². The zero-order chi connectivity index (χ0) is 21.4. The Balaban J connectivity index is 1.69. The standard InChI is InChI=1S/C27H20O2S2/c1-19-8-13-24(14-9-19)31(28,29)27-15-12-23(18-25(27)26-7-4-16-30-26)22-11-10-20-5-2-3-6-21(20)17-22/h2-18H,1H3. The lowest BCUT2D eigenvalue weighted by Gasteiger charge is -2.13. The zero-order valence-corrected chi connectivity index (χ0v) is 18.6. The second kappa shape index (κ2) is 7.80. The molecule has 5 aromatic rings. The Morgan fingerprint density at radius 1 is 0.677 bits per heavy atom. The van der Waals surface area contributed by atoms with Gasteiger partial charge in [0.15, 0.2) is 0 Å². The van der Waals surface area contributed by atoms with E-state index in [1.54, 1.807) is 29.5 Å². The van der Waals surface area contributed by atoms with E-state index in [1.165, 1.54) is 5.39 Å². The number of rotatable bonds is 4. The molecule has 0 aliphatic rings. The highest BCUT2D eigenvalue weighted by Gasteiger charge is 2.23. The number of benzene rings is 4. The van der Waals surface area contributed by atoms with Gasteiger partial charge in [-0.2, -0.15) is 0 Å². The van der Waals surface area contributed by atoms with Gasteiger partial charge in [-0.05, 0) is 70.6 Å². The zero-order valence-electron chi connectivity index (χ0n) is 16.9. The maximum Gasteiger partial charge on any atom is 0.207 e. The van der Waals surface area contributed by atoms with Crippen molar-refractivity contribution in [2.24, 2.45) is 0 Å². The second-order valence-electron chi connectivity index (χ2n) is 7.57. The van der Waals surface area contributed by atoms with Gasteiger partial charge in [0.25, 0.3) is 0 Å². The van der Waals surface area contributed by atoms with Gasteiger partial charge < -0.3 is 0 Å². The van der Waals surface area contributed by atoms with Crippen LogP contribution in [0.25, 0.3) is 32.3 Å². The maximum atomic E-state index is 13.5. The number of sulfone groups is 1. The Morgan fingerprint density at radius 2 is 1.39 bits per heavy atom. The average Bonchev–Trinajstić information content (AvgIpc) is 3.33. The minimum atomic E-state index is -3.64. The third-order valence-electron chi connectivity index (χ3n) is 5.47. The molecule has 0 fully saturated rings. The van der Waals surface area contributed by atoms with Gasteiger partial charge in [0.2, 0.25) is 9.84 Å². The summed E-state index contributed by atoms with van der Waals surface area (Å²) in [7, 11) is -3.64. The highest BCUT2D eigenvalue weighted by molar-refractivity contribution is 7.91. The van der Waals surface area contributed by atoms with Crippen molar-refractivity contribution >= 4 is 31.9 Å². The first-order valence-electron chi connectivity index (χ1n) is 10.0. The summed E-state index contributed by atoms with van der Waals surface area (Å²) in [5, 5.41) is 4.32. The summed E-state index contributed by atoms with van der Waals surface area (Å²) in [5.41, 5.74) is 3.83. The molecule has 4 heteroatoms. The SMILES string of the molecule is Cc1ccc(S(=O)(=O)c2ccc(-c3ccc4ccccc4c3)cc2-c2cccs2)cc1. The van der Waals surface area contributed by atoms with E-state index in [0.717, 1.165) is 32.5 Å². The summed E-state index contributed by atoms with van der Waals surface area (Å²) in [6.07, 6.45) is 0. The van der Waals surface area contributed by atoms with E-state index < -0.39 is 9.84 Å². The van der Waals surface area contributed by atoms with Crippen molar-refractivity contribution in [2.45, 2.75) is 16.7 Å². The quantitative estimate of drug-likeness (QED) is 0.292. The average molecular weight is 441 g/mol. The van der Waals surface area contributed by atoms with Gasteiger partial charge in [-0.3, -0.25) is 0 Å². The highest BCUT2D eigenvalue weighted by atomic mass is 32.2. The van der Waals surface area contributed by atoms with E-state index in [0.29, 0.717) is 9.79 Å². The minimum absolute atomic E-state index is 0.314. The van der Waals surface area contributed by atoms with E-state index in [-0.39, 0.29) is 0 Å². The van der Waals surface area contributed by atoms with Gasteiger partial charge in [-0.1, -0.05) is 66.2 Å². The van der Waals surface area contributed by atoms with E-state index in [1.807, 2.05) is 60.8 Å². The van der Waals surface area contributed by atoms with Crippen molar-refractivity contribution in [3.63, 3.8) is 0 Å². The molecule has 0 amide bonds. The van der Waals surface area contributed by atoms with Gasteiger partial charge in [-0.25, -0.2) is 8.42 Å². The molecule has 0 saturated heterocycles. The maximum absolute atomic E-state index is 13.5. The number of aryl methyl sites for hydroxylation is 1. The normalized spacial score (nSPS) is 11.6. The monoisotopic (exact) mass is 440 g/mol. The molecule has 0 bridgehead atoms. The molecular weight excluding hydrogens is 420 g/mol. The summed E-state index contributed by atoms with van der Waals surface area (Å²) >= 11 is 1.55. The van der Waals surface area contributed by atoms with Crippen LogP contribution in [-0.2, 0) is 9.84 Å². The molecule has 1 aromatic heterocycles. The predicted octanol–water partition coefficient (Wildman–Crippen LogP) is 7.38. The Hall–Kier alpha value is -3.21. The van der Waals surface area contributed by atoms with Crippen molar-refractivity contribution in [1.29, 1.82) is 0 Å². The van der Waals surface area contributed by atoms with Crippen molar-refractivity contribution in [3.8, 4) is 21.6 Å². The molecule has 0 radical (unpaired) electrons. The first-order chi connectivity index (χ1) is 15.0. The smallest absolute Gasteiger partial charge is 0.207 e. The largest absolute Gasteiger partial charge is 0.218 e. The van der Waals surface area contributed by atoms with E-state index in [2.05, 4.69) is 30.3 Å². The molecule has 0 spiro atoms. The Morgan fingerprint density at radius 3 is 2.13 bits per heavy atom. The third-order valence-corrected chi connectivity index (χ3v) is 8.20.